The van der Waals surface area contributed by atoms with E-state index >= 15 is 0 Å². The van der Waals surface area contributed by atoms with Crippen molar-refractivity contribution in [2.24, 2.45) is 0 Å². The van der Waals surface area contributed by atoms with Crippen LogP contribution in [0.2, 0.25) is 0 Å². The molecule has 1 atom stereocenters. The summed E-state index contributed by atoms with van der Waals surface area (Å²) >= 11 is 0. The number of halogens is 1. The second-order valence-corrected chi connectivity index (χ2v) is 2.19. The molecule has 3 nitrogen and oxygen atoms in total. The van der Waals surface area contributed by atoms with Gasteiger partial charge in [0, 0.05) is 0 Å². The molecular formula is C6H11FO3. The molecule has 0 radical (unpaired) electrons. The summed E-state index contributed by atoms with van der Waals surface area (Å²) in [5, 5.41) is 8.04. The van der Waals surface area contributed by atoms with E-state index in [1.54, 1.807) is 13.8 Å². The number of alkyl halides is 1. The average Bonchev–Trinajstić information content (AvgIpc) is 1.82. The SMILES string of the molecule is CC(C)OCC(F)C(=O)O. The van der Waals surface area contributed by atoms with Crippen LogP contribution in [0.1, 0.15) is 13.8 Å². The van der Waals surface area contributed by atoms with Gasteiger partial charge in [-0.05, 0) is 13.8 Å². The molecule has 4 heteroatoms. The first kappa shape index (κ1) is 9.36. The van der Waals surface area contributed by atoms with Crippen LogP contribution in [0.25, 0.3) is 0 Å². The number of carboxylic acids is 1. The van der Waals surface area contributed by atoms with E-state index in [0.29, 0.717) is 0 Å². The minimum absolute atomic E-state index is 0.127. The quantitative estimate of drug-likeness (QED) is 0.645. The van der Waals surface area contributed by atoms with E-state index < -0.39 is 12.1 Å². The highest BCUT2D eigenvalue weighted by Crippen LogP contribution is 1.95. The van der Waals surface area contributed by atoms with Crippen molar-refractivity contribution >= 4 is 5.97 Å². The fraction of sp³-hybridized carbons (Fsp3) is 0.833. The molecule has 0 heterocycles. The highest BCUT2D eigenvalue weighted by molar-refractivity contribution is 5.72. The number of hydrogen-bond donors (Lipinski definition) is 1. The van der Waals surface area contributed by atoms with Crippen molar-refractivity contribution in [3.63, 3.8) is 0 Å². The monoisotopic (exact) mass is 150 g/mol. The largest absolute Gasteiger partial charge is 0.479 e. The lowest BCUT2D eigenvalue weighted by Gasteiger charge is -2.07. The van der Waals surface area contributed by atoms with Crippen molar-refractivity contribution in [3.8, 4) is 0 Å². The minimum atomic E-state index is -1.90. The highest BCUT2D eigenvalue weighted by Gasteiger charge is 2.15. The Morgan fingerprint density at radius 1 is 1.70 bits per heavy atom. The van der Waals surface area contributed by atoms with Crippen molar-refractivity contribution in [1.29, 1.82) is 0 Å². The first-order valence-corrected chi connectivity index (χ1v) is 3.02. The summed E-state index contributed by atoms with van der Waals surface area (Å²) < 4.78 is 16.9. The van der Waals surface area contributed by atoms with Gasteiger partial charge in [-0.3, -0.25) is 0 Å². The van der Waals surface area contributed by atoms with Crippen molar-refractivity contribution in [2.45, 2.75) is 26.1 Å². The van der Waals surface area contributed by atoms with Gasteiger partial charge >= 0.3 is 5.97 Å². The van der Waals surface area contributed by atoms with Crippen molar-refractivity contribution in [2.75, 3.05) is 6.61 Å². The fourth-order valence-electron chi connectivity index (χ4n) is 0.348. The van der Waals surface area contributed by atoms with Crippen LogP contribution in [0.3, 0.4) is 0 Å². The van der Waals surface area contributed by atoms with E-state index in [1.165, 1.54) is 0 Å². The Labute approximate surface area is 58.8 Å². The molecule has 0 saturated heterocycles. The number of hydrogen-bond acceptors (Lipinski definition) is 2. The molecule has 0 aliphatic heterocycles. The molecule has 0 rings (SSSR count). The highest BCUT2D eigenvalue weighted by atomic mass is 19.1. The third kappa shape index (κ3) is 4.26. The molecule has 0 aromatic rings. The second-order valence-electron chi connectivity index (χ2n) is 2.19. The maximum absolute atomic E-state index is 12.2. The van der Waals surface area contributed by atoms with Crippen LogP contribution in [0, 0.1) is 0 Å². The molecular weight excluding hydrogens is 139 g/mol. The molecule has 0 aromatic heterocycles. The third-order valence-electron chi connectivity index (χ3n) is 0.844. The van der Waals surface area contributed by atoms with Crippen LogP contribution in [-0.2, 0) is 9.53 Å². The van der Waals surface area contributed by atoms with E-state index in [2.05, 4.69) is 0 Å². The van der Waals surface area contributed by atoms with Gasteiger partial charge in [0.25, 0.3) is 0 Å². The molecule has 0 aromatic carbocycles. The van der Waals surface area contributed by atoms with Crippen LogP contribution in [0.15, 0.2) is 0 Å². The van der Waals surface area contributed by atoms with Gasteiger partial charge in [-0.15, -0.1) is 0 Å². The molecule has 10 heavy (non-hydrogen) atoms. The van der Waals surface area contributed by atoms with Crippen LogP contribution in [0.4, 0.5) is 4.39 Å². The van der Waals surface area contributed by atoms with Crippen LogP contribution in [-0.4, -0.2) is 30.0 Å². The Kier molecular flexibility index (Phi) is 3.95. The van der Waals surface area contributed by atoms with Crippen LogP contribution >= 0.6 is 0 Å². The lowest BCUT2D eigenvalue weighted by molar-refractivity contribution is -0.145. The summed E-state index contributed by atoms with van der Waals surface area (Å²) in [6, 6.07) is 0. The molecule has 1 N–H and O–H groups in total. The van der Waals surface area contributed by atoms with Gasteiger partial charge in [0.15, 0.2) is 0 Å². The zero-order valence-corrected chi connectivity index (χ0v) is 6.00. The zero-order valence-electron chi connectivity index (χ0n) is 6.00. The Morgan fingerprint density at radius 3 is 2.50 bits per heavy atom. The second kappa shape index (κ2) is 4.22. The molecule has 0 amide bonds. The molecule has 0 saturated carbocycles. The molecule has 0 aliphatic carbocycles. The number of carboxylic acid groups (broad SMARTS) is 1. The van der Waals surface area contributed by atoms with E-state index in [0.717, 1.165) is 0 Å². The maximum Gasteiger partial charge on any atom is 0.340 e. The molecule has 0 aliphatic rings. The number of carbonyl (C=O) groups is 1. The maximum atomic E-state index is 12.2. The summed E-state index contributed by atoms with van der Waals surface area (Å²) in [7, 11) is 0. The molecule has 1 unspecified atom stereocenters. The molecule has 0 spiro atoms. The minimum Gasteiger partial charge on any atom is -0.479 e. The first-order chi connectivity index (χ1) is 4.54. The van der Waals surface area contributed by atoms with Gasteiger partial charge in [-0.2, -0.15) is 0 Å². The van der Waals surface area contributed by atoms with E-state index in [9.17, 15) is 9.18 Å². The molecule has 0 fully saturated rings. The number of aliphatic carboxylic acids is 1. The number of rotatable bonds is 4. The zero-order chi connectivity index (χ0) is 8.15. The topological polar surface area (TPSA) is 46.5 Å². The Balaban J connectivity index is 3.40. The van der Waals surface area contributed by atoms with E-state index in [4.69, 9.17) is 9.84 Å². The van der Waals surface area contributed by atoms with E-state index in [1.807, 2.05) is 0 Å². The summed E-state index contributed by atoms with van der Waals surface area (Å²) in [6.07, 6.45) is -2.03. The van der Waals surface area contributed by atoms with Gasteiger partial charge < -0.3 is 9.84 Å². The number of ether oxygens (including phenoxy) is 1. The van der Waals surface area contributed by atoms with Gasteiger partial charge in [0.1, 0.15) is 0 Å². The Bertz CT molecular complexity index is 114. The van der Waals surface area contributed by atoms with Gasteiger partial charge in [-0.1, -0.05) is 0 Å². The van der Waals surface area contributed by atoms with Crippen LogP contribution in [0.5, 0.6) is 0 Å². The lowest BCUT2D eigenvalue weighted by Crippen LogP contribution is -2.22. The predicted molar refractivity (Wildman–Crippen MR) is 33.6 cm³/mol. The first-order valence-electron chi connectivity index (χ1n) is 3.02. The Hall–Kier alpha value is -0.640. The third-order valence-corrected chi connectivity index (χ3v) is 0.844. The van der Waals surface area contributed by atoms with Crippen LogP contribution < -0.4 is 0 Å². The molecule has 0 bridgehead atoms. The van der Waals surface area contributed by atoms with E-state index in [-0.39, 0.29) is 12.7 Å². The summed E-state index contributed by atoms with van der Waals surface area (Å²) in [5.74, 6) is -1.47. The summed E-state index contributed by atoms with van der Waals surface area (Å²) in [4.78, 5) is 9.86. The van der Waals surface area contributed by atoms with Gasteiger partial charge in [-0.25, -0.2) is 9.18 Å². The fourth-order valence-corrected chi connectivity index (χ4v) is 0.348. The van der Waals surface area contributed by atoms with Gasteiger partial charge in [0.05, 0.1) is 12.7 Å². The lowest BCUT2D eigenvalue weighted by atomic mass is 10.4. The smallest absolute Gasteiger partial charge is 0.340 e. The predicted octanol–water partition coefficient (Wildman–Crippen LogP) is 0.834. The average molecular weight is 150 g/mol. The van der Waals surface area contributed by atoms with Crippen molar-refractivity contribution in [3.05, 3.63) is 0 Å². The van der Waals surface area contributed by atoms with Crippen molar-refractivity contribution in [1.82, 2.24) is 0 Å². The standard InChI is InChI=1S/C6H11FO3/c1-4(2)10-3-5(7)6(8)9/h4-5H,3H2,1-2H3,(H,8,9). The van der Waals surface area contributed by atoms with Crippen molar-refractivity contribution < 1.29 is 19.0 Å². The Morgan fingerprint density at radius 2 is 2.20 bits per heavy atom. The van der Waals surface area contributed by atoms with Gasteiger partial charge in [0.2, 0.25) is 6.17 Å². The normalized spacial score (nSPS) is 13.6. The summed E-state index contributed by atoms with van der Waals surface area (Å²) in [6.45, 7) is 3.07. The summed E-state index contributed by atoms with van der Waals surface area (Å²) in [5.41, 5.74) is 0. The molecule has 60 valence electrons.